The standard InChI is InChI=1S/C22H25FN2O2/c23-19-6-2-1-4-16(19)5-3-13-24-18-10-7-15(8-11-18)17-9-12-20-21(14-17)27-22(26)25-20/h1-2,4,6,9,12,14-15,18,24H,3,5,7-8,10-11,13H2,(H,25,26). The first-order valence-corrected chi connectivity index (χ1v) is 9.78. The second-order valence-electron chi connectivity index (χ2n) is 7.47. The number of aromatic amines is 1. The van der Waals surface area contributed by atoms with E-state index < -0.39 is 5.76 Å². The minimum absolute atomic E-state index is 0.103. The molecular weight excluding hydrogens is 343 g/mol. The number of aryl methyl sites for hydroxylation is 1. The molecule has 0 radical (unpaired) electrons. The number of halogens is 1. The SMILES string of the molecule is O=c1[nH]c2ccc(C3CCC(NCCCc4ccccc4F)CC3)cc2o1. The summed E-state index contributed by atoms with van der Waals surface area (Å²) >= 11 is 0. The zero-order valence-corrected chi connectivity index (χ0v) is 15.3. The molecule has 27 heavy (non-hydrogen) atoms. The number of nitrogens with one attached hydrogen (secondary N) is 2. The second kappa shape index (κ2) is 8.09. The van der Waals surface area contributed by atoms with Crippen molar-refractivity contribution in [2.24, 2.45) is 0 Å². The number of oxazole rings is 1. The van der Waals surface area contributed by atoms with Gasteiger partial charge in [-0.2, -0.15) is 0 Å². The van der Waals surface area contributed by atoms with Crippen molar-refractivity contribution in [3.05, 3.63) is 70.0 Å². The summed E-state index contributed by atoms with van der Waals surface area (Å²) in [5, 5.41) is 3.63. The molecule has 2 aromatic carbocycles. The molecule has 1 fully saturated rings. The van der Waals surface area contributed by atoms with E-state index >= 15 is 0 Å². The van der Waals surface area contributed by atoms with Crippen LogP contribution in [0.15, 0.2) is 51.7 Å². The average molecular weight is 368 g/mol. The van der Waals surface area contributed by atoms with Crippen molar-refractivity contribution in [3.63, 3.8) is 0 Å². The predicted octanol–water partition coefficient (Wildman–Crippen LogP) is 4.51. The average Bonchev–Trinajstić information content (AvgIpc) is 3.06. The van der Waals surface area contributed by atoms with Crippen molar-refractivity contribution >= 4 is 11.1 Å². The summed E-state index contributed by atoms with van der Waals surface area (Å²) in [5.74, 6) is 0.0183. The van der Waals surface area contributed by atoms with E-state index in [1.165, 1.54) is 11.6 Å². The molecule has 2 N–H and O–H groups in total. The van der Waals surface area contributed by atoms with Crippen LogP contribution in [0.25, 0.3) is 11.1 Å². The Hall–Kier alpha value is -2.40. The molecule has 0 aliphatic heterocycles. The minimum atomic E-state index is -0.398. The number of rotatable bonds is 6. The molecule has 4 rings (SSSR count). The number of hydrogen-bond acceptors (Lipinski definition) is 3. The fourth-order valence-electron chi connectivity index (χ4n) is 4.13. The lowest BCUT2D eigenvalue weighted by Gasteiger charge is -2.29. The number of benzene rings is 2. The van der Waals surface area contributed by atoms with E-state index in [-0.39, 0.29) is 5.82 Å². The van der Waals surface area contributed by atoms with E-state index in [1.54, 1.807) is 6.07 Å². The molecule has 1 heterocycles. The molecule has 0 spiro atoms. The van der Waals surface area contributed by atoms with Gasteiger partial charge in [-0.3, -0.25) is 4.98 Å². The molecule has 0 amide bonds. The first kappa shape index (κ1) is 18.0. The van der Waals surface area contributed by atoms with Gasteiger partial charge in [0.15, 0.2) is 5.58 Å². The fraction of sp³-hybridized carbons (Fsp3) is 0.409. The van der Waals surface area contributed by atoms with Crippen molar-refractivity contribution < 1.29 is 8.81 Å². The van der Waals surface area contributed by atoms with E-state index in [9.17, 15) is 9.18 Å². The molecule has 0 atom stereocenters. The molecule has 0 unspecified atom stereocenters. The Morgan fingerprint density at radius 2 is 1.93 bits per heavy atom. The predicted molar refractivity (Wildman–Crippen MR) is 105 cm³/mol. The van der Waals surface area contributed by atoms with E-state index in [0.717, 1.165) is 56.1 Å². The van der Waals surface area contributed by atoms with Crippen molar-refractivity contribution in [3.8, 4) is 0 Å². The van der Waals surface area contributed by atoms with Gasteiger partial charge >= 0.3 is 5.76 Å². The van der Waals surface area contributed by atoms with Gasteiger partial charge in [0.05, 0.1) is 5.52 Å². The zero-order chi connectivity index (χ0) is 18.6. The third-order valence-corrected chi connectivity index (χ3v) is 5.66. The summed E-state index contributed by atoms with van der Waals surface area (Å²) in [6.45, 7) is 0.921. The van der Waals surface area contributed by atoms with Gasteiger partial charge in [0.25, 0.3) is 0 Å². The maximum Gasteiger partial charge on any atom is 0.417 e. The van der Waals surface area contributed by atoms with Crippen LogP contribution in [0.1, 0.15) is 49.1 Å². The molecule has 4 nitrogen and oxygen atoms in total. The Labute approximate surface area is 157 Å². The van der Waals surface area contributed by atoms with E-state index in [2.05, 4.69) is 16.4 Å². The van der Waals surface area contributed by atoms with Crippen LogP contribution in [0.2, 0.25) is 0 Å². The van der Waals surface area contributed by atoms with Gasteiger partial charge in [0.1, 0.15) is 5.82 Å². The van der Waals surface area contributed by atoms with Gasteiger partial charge in [0, 0.05) is 6.04 Å². The summed E-state index contributed by atoms with van der Waals surface area (Å²) in [6.07, 6.45) is 6.26. The second-order valence-corrected chi connectivity index (χ2v) is 7.47. The highest BCUT2D eigenvalue weighted by Crippen LogP contribution is 2.34. The molecule has 1 aromatic heterocycles. The largest absolute Gasteiger partial charge is 0.417 e. The Morgan fingerprint density at radius 1 is 1.11 bits per heavy atom. The van der Waals surface area contributed by atoms with Crippen molar-refractivity contribution in [1.82, 2.24) is 10.3 Å². The Kier molecular flexibility index (Phi) is 5.39. The van der Waals surface area contributed by atoms with Crippen LogP contribution in [0.3, 0.4) is 0 Å². The summed E-state index contributed by atoms with van der Waals surface area (Å²) in [7, 11) is 0. The fourth-order valence-corrected chi connectivity index (χ4v) is 4.13. The van der Waals surface area contributed by atoms with Gasteiger partial charge in [-0.25, -0.2) is 9.18 Å². The molecular formula is C22H25FN2O2. The van der Waals surface area contributed by atoms with Gasteiger partial charge < -0.3 is 9.73 Å². The Balaban J connectivity index is 1.23. The molecule has 1 saturated carbocycles. The van der Waals surface area contributed by atoms with Crippen LogP contribution >= 0.6 is 0 Å². The van der Waals surface area contributed by atoms with Crippen LogP contribution in [0.5, 0.6) is 0 Å². The van der Waals surface area contributed by atoms with Gasteiger partial charge in [-0.15, -0.1) is 0 Å². The number of H-pyrrole nitrogens is 1. The summed E-state index contributed by atoms with van der Waals surface area (Å²) in [6, 6.07) is 13.6. The Morgan fingerprint density at radius 3 is 2.74 bits per heavy atom. The molecule has 3 aromatic rings. The van der Waals surface area contributed by atoms with Gasteiger partial charge in [-0.05, 0) is 80.3 Å². The van der Waals surface area contributed by atoms with Crippen LogP contribution in [-0.2, 0) is 6.42 Å². The monoisotopic (exact) mass is 368 g/mol. The van der Waals surface area contributed by atoms with E-state index in [1.807, 2.05) is 24.3 Å². The number of hydrogen-bond donors (Lipinski definition) is 2. The number of fused-ring (bicyclic) bond motifs is 1. The highest BCUT2D eigenvalue weighted by Gasteiger charge is 2.22. The molecule has 1 aliphatic rings. The summed E-state index contributed by atoms with van der Waals surface area (Å²) in [5.41, 5.74) is 3.46. The third-order valence-electron chi connectivity index (χ3n) is 5.66. The highest BCUT2D eigenvalue weighted by molar-refractivity contribution is 5.72. The van der Waals surface area contributed by atoms with Crippen molar-refractivity contribution in [1.29, 1.82) is 0 Å². The quantitative estimate of drug-likeness (QED) is 0.630. The van der Waals surface area contributed by atoms with Crippen molar-refractivity contribution in [2.75, 3.05) is 6.54 Å². The Bertz CT molecular complexity index is 954. The van der Waals surface area contributed by atoms with E-state index in [4.69, 9.17) is 4.42 Å². The summed E-state index contributed by atoms with van der Waals surface area (Å²) in [4.78, 5) is 14.0. The number of aromatic nitrogens is 1. The summed E-state index contributed by atoms with van der Waals surface area (Å²) < 4.78 is 18.8. The smallest absolute Gasteiger partial charge is 0.408 e. The van der Waals surface area contributed by atoms with Crippen molar-refractivity contribution in [2.45, 2.75) is 50.5 Å². The molecule has 1 aliphatic carbocycles. The van der Waals surface area contributed by atoms with Crippen LogP contribution < -0.4 is 11.1 Å². The molecule has 5 heteroatoms. The minimum Gasteiger partial charge on any atom is -0.408 e. The first-order valence-electron chi connectivity index (χ1n) is 9.78. The van der Waals surface area contributed by atoms with Crippen LogP contribution in [0, 0.1) is 5.82 Å². The van der Waals surface area contributed by atoms with Gasteiger partial charge in [0.2, 0.25) is 0 Å². The van der Waals surface area contributed by atoms with E-state index in [0.29, 0.717) is 17.5 Å². The lowest BCUT2D eigenvalue weighted by atomic mass is 9.81. The highest BCUT2D eigenvalue weighted by atomic mass is 19.1. The molecule has 0 saturated heterocycles. The third kappa shape index (κ3) is 4.30. The first-order chi connectivity index (χ1) is 13.2. The van der Waals surface area contributed by atoms with Crippen LogP contribution in [-0.4, -0.2) is 17.6 Å². The van der Waals surface area contributed by atoms with Gasteiger partial charge in [-0.1, -0.05) is 24.3 Å². The normalized spacial score (nSPS) is 20.2. The lowest BCUT2D eigenvalue weighted by Crippen LogP contribution is -2.33. The maximum absolute atomic E-state index is 13.6. The lowest BCUT2D eigenvalue weighted by molar-refractivity contribution is 0.342. The molecule has 142 valence electrons. The maximum atomic E-state index is 13.6. The zero-order valence-electron chi connectivity index (χ0n) is 15.3. The topological polar surface area (TPSA) is 58.0 Å². The van der Waals surface area contributed by atoms with Crippen LogP contribution in [0.4, 0.5) is 4.39 Å². The molecule has 0 bridgehead atoms.